The molecule has 8 N–H and O–H groups in total. The van der Waals surface area contributed by atoms with Crippen LogP contribution in [0.5, 0.6) is 23.0 Å². The van der Waals surface area contributed by atoms with Crippen LogP contribution < -0.4 is 40.7 Å². The van der Waals surface area contributed by atoms with E-state index in [-0.39, 0.29) is 97.8 Å². The number of aliphatic hydroxyl groups excluding tert-OH is 2. The Balaban J connectivity index is 0.943. The number of aromatic nitrogens is 8. The summed E-state index contributed by atoms with van der Waals surface area (Å²) in [6, 6.07) is 17.4. The summed E-state index contributed by atoms with van der Waals surface area (Å²) in [5, 5.41) is 26.3. The maximum Gasteiger partial charge on any atom is 0.472 e. The van der Waals surface area contributed by atoms with Crippen LogP contribution in [0, 0.1) is 11.8 Å². The number of carbonyl (C=O) groups is 2. The van der Waals surface area contributed by atoms with Crippen molar-refractivity contribution < 1.29 is 85.2 Å². The van der Waals surface area contributed by atoms with Crippen LogP contribution in [0.4, 0.5) is 11.9 Å². The fraction of sp³-hybridized carbons (Fsp3) is 0.561. The number of phosphoric acid groups is 2. The summed E-state index contributed by atoms with van der Waals surface area (Å²) in [5.74, 6) is 0.540. The number of aliphatic hydroxyl groups is 2. The van der Waals surface area contributed by atoms with Crippen molar-refractivity contribution in [1.82, 2.24) is 39.0 Å². The van der Waals surface area contributed by atoms with Gasteiger partial charge < -0.3 is 48.4 Å². The number of ether oxygens (including phenoxy) is 6. The molecule has 0 spiro atoms. The molecule has 8 bridgehead atoms. The number of benzene rings is 4. The first kappa shape index (κ1) is 86.6. The van der Waals surface area contributed by atoms with Crippen molar-refractivity contribution in [2.45, 2.75) is 235 Å². The van der Waals surface area contributed by atoms with E-state index in [0.29, 0.717) is 49.1 Å². The molecule has 2 saturated heterocycles. The molecule has 2 fully saturated rings. The highest BCUT2D eigenvalue weighted by Crippen LogP contribution is 2.52. The highest BCUT2D eigenvalue weighted by atomic mass is 31.2. The Bertz CT molecular complexity index is 4650. The number of hydrogen-bond donors (Lipinski definition) is 8. The molecule has 4 aromatic carbocycles. The minimum atomic E-state index is -4.96. The number of imidazole rings is 2. The van der Waals surface area contributed by atoms with Gasteiger partial charge in [-0.3, -0.25) is 67.0 Å². The van der Waals surface area contributed by atoms with Gasteiger partial charge in [0.25, 0.3) is 11.1 Å². The molecular weight excluding hydrogens is 1510 g/mol. The van der Waals surface area contributed by atoms with E-state index >= 15 is 0 Å². The van der Waals surface area contributed by atoms with Gasteiger partial charge in [0, 0.05) is 50.4 Å². The third-order valence-electron chi connectivity index (χ3n) is 20.3. The molecule has 620 valence electrons. The maximum atomic E-state index is 14.2. The third-order valence-corrected chi connectivity index (χ3v) is 22.4. The van der Waals surface area contributed by atoms with Crippen molar-refractivity contribution in [3.05, 3.63) is 149 Å². The largest absolute Gasteiger partial charge is 0.493 e. The van der Waals surface area contributed by atoms with Crippen LogP contribution in [0.1, 0.15) is 230 Å². The zero-order valence-corrected chi connectivity index (χ0v) is 70.4. The molecule has 4 aromatic heterocycles. The number of nitrogens with zero attached hydrogens (tertiary/aromatic N) is 6. The Labute approximate surface area is 664 Å². The lowest BCUT2D eigenvalue weighted by Crippen LogP contribution is -2.27. The molecule has 0 radical (unpaired) electrons. The number of H-pyrrole nitrogens is 2. The van der Waals surface area contributed by atoms with Crippen LogP contribution in [0.25, 0.3) is 22.3 Å². The van der Waals surface area contributed by atoms with Gasteiger partial charge in [-0.05, 0) is 101 Å². The molecule has 30 nitrogen and oxygen atoms in total. The zero-order valence-electron chi connectivity index (χ0n) is 68.6. The molecule has 8 atom stereocenters. The fourth-order valence-corrected chi connectivity index (χ4v) is 15.8. The molecule has 6 heterocycles. The van der Waals surface area contributed by atoms with E-state index < -0.39 is 124 Å². The number of hydrogen-bond acceptors (Lipinski definition) is 22. The molecule has 8 aromatic rings. The molecule has 3 aliphatic rings. The summed E-state index contributed by atoms with van der Waals surface area (Å²) in [6.45, 7) is 35.0. The standard InChI is InChI=1S/C82H112N10O20P2/c1-19-21-103-67-47-27-51-35-57(81(13,14)15)37-53(69(51)105-23-25-107-113(99,100)111-59-39-63(109-61(59)41-93)91-43-83-65-71(91)85-77(89-75(65)97)87-73(95)45(3)4)29-49-33-56(80(10,11)12)34-50(68(49)104-22-20-2)30-54-38-58(82(16,17)18)36-52(28-48(67)32-55(31-47)79(7,8)9)70(54)106-24-26-108-114(101,102)112-60-40-64(110-62(60)42-94)92-44-84-66-72(92)86-78(90-76(66)98)88-74(96)46(5)6/h31-38,43-46,59-64,93-94H,19-30,39-42H2,1-18H3,(H,99,100)(H,101,102)(H2,85,87,89,95,97)(H2,86,88,90,96,98)/t59-,60-,61+,62+,63+,64+/m0/s1. The summed E-state index contributed by atoms with van der Waals surface area (Å²) >= 11 is 0. The lowest BCUT2D eigenvalue weighted by Gasteiger charge is -2.29. The Morgan fingerprint density at radius 2 is 0.772 bits per heavy atom. The monoisotopic (exact) mass is 1620 g/mol. The van der Waals surface area contributed by atoms with Crippen LogP contribution >= 0.6 is 15.6 Å². The summed E-state index contributed by atoms with van der Waals surface area (Å²) < 4.78 is 95.0. The van der Waals surface area contributed by atoms with Crippen LogP contribution in [0.15, 0.2) is 70.8 Å². The molecule has 0 saturated carbocycles. The quantitative estimate of drug-likeness (QED) is 0.0167. The topological polar surface area (TPSA) is 393 Å². The smallest absolute Gasteiger partial charge is 0.472 e. The van der Waals surface area contributed by atoms with Crippen molar-refractivity contribution in [1.29, 1.82) is 0 Å². The Hall–Kier alpha value is -8.22. The molecule has 2 amide bonds. The molecule has 11 rings (SSSR count). The predicted molar refractivity (Wildman–Crippen MR) is 430 cm³/mol. The second kappa shape index (κ2) is 34.9. The molecule has 1 aliphatic carbocycles. The zero-order chi connectivity index (χ0) is 82.9. The first-order valence-corrected chi connectivity index (χ1v) is 42.1. The Morgan fingerprint density at radius 1 is 0.491 bits per heavy atom. The molecule has 2 unspecified atom stereocenters. The lowest BCUT2D eigenvalue weighted by molar-refractivity contribution is -0.119. The van der Waals surface area contributed by atoms with E-state index in [1.165, 1.54) is 21.8 Å². The van der Waals surface area contributed by atoms with Crippen LogP contribution in [0.3, 0.4) is 0 Å². The minimum Gasteiger partial charge on any atom is -0.493 e. The highest BCUT2D eigenvalue weighted by molar-refractivity contribution is 7.47. The van der Waals surface area contributed by atoms with Crippen LogP contribution in [0.2, 0.25) is 0 Å². The van der Waals surface area contributed by atoms with E-state index in [2.05, 4.69) is 186 Å². The molecular formula is C82H112N10O20P2. The molecule has 32 heteroatoms. The predicted octanol–water partition coefficient (Wildman–Crippen LogP) is 12.9. The number of rotatable bonds is 28. The average molecular weight is 1620 g/mol. The van der Waals surface area contributed by atoms with Gasteiger partial charge in [0.1, 0.15) is 73.1 Å². The SMILES string of the molecule is CCCOc1c2cc(C(C)(C)C)cc1Cc1cc(C(C)(C)C)cc(c1OCCOP(=O)(O)O[C@H]1C[C@H](n3cnc4c(=O)[nH]c(NC(=O)C(C)C)nc43)O[C@@H]1CO)Cc1cc(C(C)(C)C)cc(c1OCCC)Cc1cc(C(C)(C)C)cc(c1OCCOP(=O)(O)O[C@H]1C[C@H](n3cnc4c(=O)[nH]c(NC(=O)C(C)C)nc43)O[C@@H]1CO)C2. The number of anilines is 2. The number of amides is 2. The Kier molecular flexibility index (Phi) is 26.5. The maximum absolute atomic E-state index is 14.2. The summed E-state index contributed by atoms with van der Waals surface area (Å²) in [4.78, 5) is 96.9. The average Bonchev–Trinajstić information content (AvgIpc) is 1.46. The van der Waals surface area contributed by atoms with Gasteiger partial charge in [0.2, 0.25) is 23.7 Å². The van der Waals surface area contributed by atoms with E-state index in [4.69, 9.17) is 46.5 Å². The third kappa shape index (κ3) is 20.4. The second-order valence-corrected chi connectivity index (χ2v) is 37.2. The van der Waals surface area contributed by atoms with E-state index in [0.717, 1.165) is 66.8 Å². The van der Waals surface area contributed by atoms with E-state index in [9.17, 15) is 48.3 Å². The van der Waals surface area contributed by atoms with Crippen molar-refractivity contribution in [2.75, 3.05) is 63.5 Å². The number of carbonyl (C=O) groups excluding carboxylic acids is 2. The highest BCUT2D eigenvalue weighted by Gasteiger charge is 2.44. The summed E-state index contributed by atoms with van der Waals surface area (Å²) in [7, 11) is -9.93. The number of phosphoric ester groups is 2. The van der Waals surface area contributed by atoms with Gasteiger partial charge in [-0.25, -0.2) is 19.1 Å². The van der Waals surface area contributed by atoms with Gasteiger partial charge in [-0.2, -0.15) is 9.97 Å². The van der Waals surface area contributed by atoms with Crippen molar-refractivity contribution >= 4 is 61.7 Å². The number of aromatic amines is 2. The van der Waals surface area contributed by atoms with Gasteiger partial charge in [0.05, 0.1) is 52.3 Å². The summed E-state index contributed by atoms with van der Waals surface area (Å²) in [6.07, 6.45) is -1.64. The minimum absolute atomic E-state index is 0.0482. The first-order chi connectivity index (χ1) is 53.5. The van der Waals surface area contributed by atoms with Gasteiger partial charge in [-0.15, -0.1) is 0 Å². The van der Waals surface area contributed by atoms with Crippen molar-refractivity contribution in [3.63, 3.8) is 0 Å². The number of nitrogens with one attached hydrogen (secondary N) is 4. The first-order valence-electron chi connectivity index (χ1n) is 39.1. The van der Waals surface area contributed by atoms with Crippen LogP contribution in [-0.4, -0.2) is 148 Å². The van der Waals surface area contributed by atoms with Gasteiger partial charge >= 0.3 is 15.6 Å². The van der Waals surface area contributed by atoms with Crippen molar-refractivity contribution in [3.8, 4) is 23.0 Å². The Morgan fingerprint density at radius 3 is 1.03 bits per heavy atom. The lowest BCUT2D eigenvalue weighted by atomic mass is 9.79. The number of fused-ring (bicyclic) bond motifs is 10. The van der Waals surface area contributed by atoms with Crippen molar-refractivity contribution in [2.24, 2.45) is 11.8 Å². The van der Waals surface area contributed by atoms with E-state index in [1.54, 1.807) is 27.7 Å². The fourth-order valence-electron chi connectivity index (χ4n) is 14.0. The molecule has 2 aliphatic heterocycles. The molecule has 114 heavy (non-hydrogen) atoms. The summed E-state index contributed by atoms with van der Waals surface area (Å²) in [5.41, 5.74) is 7.93. The normalized spacial score (nSPS) is 19.3. The van der Waals surface area contributed by atoms with Gasteiger partial charge in [0.15, 0.2) is 22.3 Å². The van der Waals surface area contributed by atoms with Crippen LogP contribution in [-0.2, 0) is 93.6 Å². The second-order valence-electron chi connectivity index (χ2n) is 34.3. The van der Waals surface area contributed by atoms with Gasteiger partial charge in [-0.1, -0.05) is 173 Å². The van der Waals surface area contributed by atoms with E-state index in [1.807, 2.05) is 0 Å².